The maximum absolute atomic E-state index is 12.0. The van der Waals surface area contributed by atoms with Crippen molar-refractivity contribution >= 4 is 34.0 Å². The zero-order valence-corrected chi connectivity index (χ0v) is 12.3. The average Bonchev–Trinajstić information content (AvgIpc) is 3.02. The molecule has 12 heteroatoms. The number of hydrogen-bond acceptors (Lipinski definition) is 10. The summed E-state index contributed by atoms with van der Waals surface area (Å²) in [5.41, 5.74) is -2.08. The minimum absolute atomic E-state index is 0.0695. The number of carbonyl (C=O) groups is 1. The molecule has 0 fully saturated rings. The van der Waals surface area contributed by atoms with Crippen LogP contribution in [-0.2, 0) is 4.79 Å². The van der Waals surface area contributed by atoms with Gasteiger partial charge in [0, 0.05) is 23.2 Å². The molecule has 0 radical (unpaired) electrons. The molecule has 0 spiro atoms. The number of benzene rings is 1. The number of nitrogens with zero attached hydrogens (tertiary/aromatic N) is 4. The summed E-state index contributed by atoms with van der Waals surface area (Å²) in [6, 6.07) is 2.93. The van der Waals surface area contributed by atoms with Crippen molar-refractivity contribution in [1.29, 1.82) is 5.26 Å². The van der Waals surface area contributed by atoms with Gasteiger partial charge in [-0.25, -0.2) is 4.98 Å². The Bertz CT molecular complexity index is 886. The van der Waals surface area contributed by atoms with Crippen molar-refractivity contribution in [2.45, 2.75) is 0 Å². The third-order valence-corrected chi connectivity index (χ3v) is 3.28. The maximum Gasteiger partial charge on any atom is 0.315 e. The van der Waals surface area contributed by atoms with Gasteiger partial charge in [-0.15, -0.1) is 0 Å². The van der Waals surface area contributed by atoms with Crippen LogP contribution in [0.1, 0.15) is 5.56 Å². The van der Waals surface area contributed by atoms with Gasteiger partial charge in [0.1, 0.15) is 18.2 Å². The normalized spacial score (nSPS) is 11.3. The fourth-order valence-corrected chi connectivity index (χ4v) is 2.05. The first-order valence-electron chi connectivity index (χ1n) is 5.97. The zero-order valence-electron chi connectivity index (χ0n) is 11.5. The molecule has 1 heterocycles. The number of phenols is 2. The monoisotopic (exact) mass is 349 g/mol. The molecule has 1 amide bonds. The number of carbonyl (C=O) groups excluding carboxylic acids is 1. The van der Waals surface area contributed by atoms with Gasteiger partial charge in [0.25, 0.3) is 5.91 Å². The van der Waals surface area contributed by atoms with Crippen LogP contribution in [0.2, 0.25) is 0 Å². The van der Waals surface area contributed by atoms with E-state index in [0.717, 1.165) is 23.9 Å². The Balaban J connectivity index is 2.48. The number of amides is 1. The smallest absolute Gasteiger partial charge is 0.315 e. The van der Waals surface area contributed by atoms with Crippen molar-refractivity contribution in [3.8, 4) is 17.6 Å². The van der Waals surface area contributed by atoms with E-state index in [-0.39, 0.29) is 5.13 Å². The van der Waals surface area contributed by atoms with E-state index < -0.39 is 44.9 Å². The number of nitriles is 1. The second kappa shape index (κ2) is 6.58. The molecule has 0 aliphatic carbocycles. The SMILES string of the molecule is N#CC(C(=O)Nc1ncns1)=C(O)c1cc(O)c(O)c([N+](=O)[O-])c1. The van der Waals surface area contributed by atoms with Crippen LogP contribution in [0.15, 0.2) is 24.0 Å². The fourth-order valence-electron chi connectivity index (χ4n) is 1.62. The quantitative estimate of drug-likeness (QED) is 0.158. The van der Waals surface area contributed by atoms with Crippen LogP contribution in [0.4, 0.5) is 10.8 Å². The highest BCUT2D eigenvalue weighted by molar-refractivity contribution is 7.09. The predicted molar refractivity (Wildman–Crippen MR) is 80.1 cm³/mol. The van der Waals surface area contributed by atoms with Gasteiger partial charge in [-0.2, -0.15) is 9.64 Å². The Morgan fingerprint density at radius 1 is 1.42 bits per heavy atom. The minimum atomic E-state index is -1.03. The molecule has 0 aliphatic rings. The lowest BCUT2D eigenvalue weighted by Crippen LogP contribution is -2.15. The molecule has 0 atom stereocenters. The Morgan fingerprint density at radius 3 is 2.67 bits per heavy atom. The highest BCUT2D eigenvalue weighted by Crippen LogP contribution is 2.38. The zero-order chi connectivity index (χ0) is 17.9. The molecule has 122 valence electrons. The number of nitro benzene ring substituents is 1. The highest BCUT2D eigenvalue weighted by Gasteiger charge is 2.24. The van der Waals surface area contributed by atoms with Gasteiger partial charge in [-0.3, -0.25) is 20.2 Å². The molecule has 0 unspecified atom stereocenters. The lowest BCUT2D eigenvalue weighted by molar-refractivity contribution is -0.386. The Kier molecular flexibility index (Phi) is 4.57. The number of hydrogen-bond donors (Lipinski definition) is 4. The lowest BCUT2D eigenvalue weighted by atomic mass is 10.1. The van der Waals surface area contributed by atoms with Crippen molar-refractivity contribution in [2.75, 3.05) is 5.32 Å². The third kappa shape index (κ3) is 3.20. The number of aromatic hydroxyl groups is 2. The van der Waals surface area contributed by atoms with E-state index in [9.17, 15) is 30.2 Å². The van der Waals surface area contributed by atoms with E-state index in [2.05, 4.69) is 14.7 Å². The van der Waals surface area contributed by atoms with E-state index in [1.165, 1.54) is 6.07 Å². The third-order valence-electron chi connectivity index (χ3n) is 2.70. The summed E-state index contributed by atoms with van der Waals surface area (Å²) in [4.78, 5) is 25.4. The van der Waals surface area contributed by atoms with Gasteiger partial charge in [0.2, 0.25) is 10.9 Å². The average molecular weight is 349 g/mol. The van der Waals surface area contributed by atoms with Gasteiger partial charge in [0.15, 0.2) is 11.3 Å². The van der Waals surface area contributed by atoms with Crippen molar-refractivity contribution in [2.24, 2.45) is 0 Å². The number of anilines is 1. The molecule has 2 aromatic rings. The number of aliphatic hydroxyl groups is 1. The van der Waals surface area contributed by atoms with Crippen LogP contribution in [0.3, 0.4) is 0 Å². The first-order valence-corrected chi connectivity index (χ1v) is 6.74. The molecule has 1 aromatic heterocycles. The minimum Gasteiger partial charge on any atom is -0.506 e. The molecular formula is C12H7N5O6S. The summed E-state index contributed by atoms with van der Waals surface area (Å²) >= 11 is 0.828. The lowest BCUT2D eigenvalue weighted by Gasteiger charge is -2.06. The molecule has 0 saturated carbocycles. The summed E-state index contributed by atoms with van der Waals surface area (Å²) in [6.45, 7) is 0. The van der Waals surface area contributed by atoms with Crippen molar-refractivity contribution in [3.63, 3.8) is 0 Å². The van der Waals surface area contributed by atoms with E-state index >= 15 is 0 Å². The molecule has 0 saturated heterocycles. The molecule has 1 aromatic carbocycles. The summed E-state index contributed by atoms with van der Waals surface area (Å²) in [7, 11) is 0. The first-order chi connectivity index (χ1) is 11.3. The molecular weight excluding hydrogens is 342 g/mol. The van der Waals surface area contributed by atoms with Gasteiger partial charge in [0.05, 0.1) is 4.92 Å². The Hall–Kier alpha value is -3.72. The summed E-state index contributed by atoms with van der Waals surface area (Å²) in [5.74, 6) is -3.85. The number of aliphatic hydroxyl groups excluding tert-OH is 1. The molecule has 0 bridgehead atoms. The molecule has 0 aliphatic heterocycles. The second-order valence-electron chi connectivity index (χ2n) is 4.16. The number of nitro groups is 1. The number of phenolic OH excluding ortho intramolecular Hbond substituents is 2. The fraction of sp³-hybridized carbons (Fsp3) is 0. The molecule has 24 heavy (non-hydrogen) atoms. The van der Waals surface area contributed by atoms with Crippen LogP contribution in [-0.4, -0.2) is 35.5 Å². The molecule has 4 N–H and O–H groups in total. The van der Waals surface area contributed by atoms with Gasteiger partial charge < -0.3 is 15.3 Å². The van der Waals surface area contributed by atoms with Crippen LogP contribution < -0.4 is 5.32 Å². The second-order valence-corrected chi connectivity index (χ2v) is 4.94. The Labute approximate surface area is 137 Å². The molecule has 11 nitrogen and oxygen atoms in total. The van der Waals surface area contributed by atoms with Gasteiger partial charge >= 0.3 is 5.69 Å². The Morgan fingerprint density at radius 2 is 2.12 bits per heavy atom. The largest absolute Gasteiger partial charge is 0.506 e. The van der Waals surface area contributed by atoms with E-state index in [1.807, 2.05) is 0 Å². The van der Waals surface area contributed by atoms with Crippen molar-refractivity contribution in [3.05, 3.63) is 39.7 Å². The van der Waals surface area contributed by atoms with Gasteiger partial charge in [-0.1, -0.05) is 0 Å². The summed E-state index contributed by atoms with van der Waals surface area (Å²) in [6.07, 6.45) is 1.16. The van der Waals surface area contributed by atoms with Crippen molar-refractivity contribution < 1.29 is 25.0 Å². The first kappa shape index (κ1) is 16.6. The number of rotatable bonds is 4. The topological polar surface area (TPSA) is 182 Å². The van der Waals surface area contributed by atoms with Crippen molar-refractivity contribution in [1.82, 2.24) is 9.36 Å². The summed E-state index contributed by atoms with van der Waals surface area (Å²) < 4.78 is 3.63. The molecule has 2 rings (SSSR count). The van der Waals surface area contributed by atoms with Crippen LogP contribution >= 0.6 is 11.5 Å². The van der Waals surface area contributed by atoms with E-state index in [4.69, 9.17) is 5.26 Å². The van der Waals surface area contributed by atoms with Crippen LogP contribution in [0, 0.1) is 21.4 Å². The van der Waals surface area contributed by atoms with Crippen LogP contribution in [0.5, 0.6) is 11.5 Å². The predicted octanol–water partition coefficient (Wildman–Crippen LogP) is 1.29. The number of nitrogens with one attached hydrogen (secondary N) is 1. The highest BCUT2D eigenvalue weighted by atomic mass is 32.1. The maximum atomic E-state index is 12.0. The summed E-state index contributed by atoms with van der Waals surface area (Å²) in [5, 5.41) is 51.1. The van der Waals surface area contributed by atoms with E-state index in [1.54, 1.807) is 0 Å². The van der Waals surface area contributed by atoms with E-state index in [0.29, 0.717) is 6.07 Å². The van der Waals surface area contributed by atoms with Gasteiger partial charge in [-0.05, 0) is 6.07 Å². The number of aromatic nitrogens is 2. The standard InChI is InChI=1S/C12H7N5O6S/c13-3-6(11(21)16-12-14-4-15-24-12)9(19)5-1-7(17(22)23)10(20)8(18)2-5/h1-2,4,18-20H,(H,14,15,16,21). The van der Waals surface area contributed by atoms with Crippen LogP contribution in [0.25, 0.3) is 5.76 Å².